The minimum Gasteiger partial charge on any atom is -0.383 e. The van der Waals surface area contributed by atoms with Crippen LogP contribution in [0.4, 0.5) is 14.6 Å². The Morgan fingerprint density at radius 3 is 2.56 bits per heavy atom. The predicted molar refractivity (Wildman–Crippen MR) is 123 cm³/mol. The van der Waals surface area contributed by atoms with Crippen molar-refractivity contribution in [3.8, 4) is 11.1 Å². The summed E-state index contributed by atoms with van der Waals surface area (Å²) in [6.07, 6.45) is 8.09. The van der Waals surface area contributed by atoms with Gasteiger partial charge in [-0.25, -0.2) is 13.8 Å². The fourth-order valence-electron chi connectivity index (χ4n) is 4.91. The molecule has 1 aliphatic carbocycles. The number of aromatic nitrogens is 1. The summed E-state index contributed by atoms with van der Waals surface area (Å²) in [4.78, 5) is 18.9. The molecule has 32 heavy (non-hydrogen) atoms. The zero-order chi connectivity index (χ0) is 22.7. The number of halogens is 2. The summed E-state index contributed by atoms with van der Waals surface area (Å²) in [7, 11) is 0. The number of nitrogens with zero attached hydrogens (tertiary/aromatic N) is 2. The van der Waals surface area contributed by atoms with Crippen LogP contribution < -0.4 is 11.1 Å². The van der Waals surface area contributed by atoms with Gasteiger partial charge in [-0.1, -0.05) is 43.5 Å². The highest BCUT2D eigenvalue weighted by Gasteiger charge is 2.31. The maximum absolute atomic E-state index is 13.3. The second-order valence-corrected chi connectivity index (χ2v) is 9.38. The highest BCUT2D eigenvalue weighted by atomic mass is 19.3. The second-order valence-electron chi connectivity index (χ2n) is 9.38. The van der Waals surface area contributed by atoms with Crippen LogP contribution >= 0.6 is 0 Å². The molecule has 1 aromatic carbocycles. The third-order valence-corrected chi connectivity index (χ3v) is 6.59. The van der Waals surface area contributed by atoms with Crippen LogP contribution in [0, 0.1) is 0 Å². The van der Waals surface area contributed by atoms with Crippen molar-refractivity contribution in [1.29, 1.82) is 0 Å². The van der Waals surface area contributed by atoms with Crippen molar-refractivity contribution < 1.29 is 13.6 Å². The van der Waals surface area contributed by atoms with Gasteiger partial charge in [0, 0.05) is 31.3 Å². The molecule has 1 saturated heterocycles. The number of carbonyl (C=O) groups excluding carboxylic acids is 1. The Balaban J connectivity index is 1.44. The molecule has 4 rings (SSSR count). The Morgan fingerprint density at radius 1 is 1.16 bits per heavy atom. The Morgan fingerprint density at radius 2 is 1.88 bits per heavy atom. The number of hydrogen-bond donors (Lipinski definition) is 2. The molecule has 2 fully saturated rings. The monoisotopic (exact) mass is 442 g/mol. The van der Waals surface area contributed by atoms with Crippen molar-refractivity contribution in [2.75, 3.05) is 25.4 Å². The van der Waals surface area contributed by atoms with Gasteiger partial charge in [0.1, 0.15) is 5.82 Å². The number of nitrogens with two attached hydrogens (primary N) is 1. The van der Waals surface area contributed by atoms with Gasteiger partial charge in [-0.3, -0.25) is 9.69 Å². The van der Waals surface area contributed by atoms with E-state index in [1.165, 1.54) is 6.42 Å². The Bertz CT molecular complexity index is 936. The number of alkyl halides is 2. The minimum atomic E-state index is -2.66. The van der Waals surface area contributed by atoms with Crippen LogP contribution in [0.5, 0.6) is 0 Å². The standard InChI is InChI=1S/C25H32F2N4O/c1-25(26,27)16-31-12-11-19(15-31)17-7-9-18(10-8-17)20-13-22(23(28)29-14-20)24(32)30-21-5-3-2-4-6-21/h7-10,13-14,19,21H,2-6,11-12,15-16H2,1H3,(H2,28,29)(H,30,32). The van der Waals surface area contributed by atoms with Crippen LogP contribution in [0.2, 0.25) is 0 Å². The van der Waals surface area contributed by atoms with Gasteiger partial charge in [-0.15, -0.1) is 0 Å². The highest BCUT2D eigenvalue weighted by molar-refractivity contribution is 5.99. The van der Waals surface area contributed by atoms with Crippen molar-refractivity contribution in [3.05, 3.63) is 47.7 Å². The van der Waals surface area contributed by atoms with E-state index in [2.05, 4.69) is 10.3 Å². The summed E-state index contributed by atoms with van der Waals surface area (Å²) < 4.78 is 26.6. The topological polar surface area (TPSA) is 71.2 Å². The number of carbonyl (C=O) groups is 1. The molecule has 3 N–H and O–H groups in total. The van der Waals surface area contributed by atoms with Crippen molar-refractivity contribution >= 4 is 11.7 Å². The van der Waals surface area contributed by atoms with E-state index in [0.717, 1.165) is 55.7 Å². The third kappa shape index (κ3) is 5.63. The number of rotatable bonds is 6. The number of hydrogen-bond acceptors (Lipinski definition) is 4. The Labute approximate surface area is 188 Å². The molecule has 1 unspecified atom stereocenters. The number of nitrogen functional groups attached to an aromatic ring is 1. The molecule has 2 heterocycles. The van der Waals surface area contributed by atoms with Crippen LogP contribution in [0.3, 0.4) is 0 Å². The molecule has 1 aliphatic heterocycles. The van der Waals surface area contributed by atoms with Gasteiger partial charge >= 0.3 is 0 Å². The fraction of sp³-hybridized carbons (Fsp3) is 0.520. The normalized spacial score (nSPS) is 20.4. The van der Waals surface area contributed by atoms with E-state index in [4.69, 9.17) is 5.73 Å². The molecule has 2 aromatic rings. The number of anilines is 1. The third-order valence-electron chi connectivity index (χ3n) is 6.59. The Hall–Kier alpha value is -2.54. The molecule has 0 spiro atoms. The fourth-order valence-corrected chi connectivity index (χ4v) is 4.91. The van der Waals surface area contributed by atoms with E-state index in [1.807, 2.05) is 29.2 Å². The second kappa shape index (κ2) is 9.53. The van der Waals surface area contributed by atoms with Gasteiger partial charge in [0.25, 0.3) is 11.8 Å². The maximum atomic E-state index is 13.3. The summed E-state index contributed by atoms with van der Waals surface area (Å²) in [6, 6.07) is 10.1. The molecule has 7 heteroatoms. The molecular formula is C25H32F2N4O. The largest absolute Gasteiger partial charge is 0.383 e. The number of pyridine rings is 1. The average Bonchev–Trinajstić information content (AvgIpc) is 3.21. The predicted octanol–water partition coefficient (Wildman–Crippen LogP) is 4.84. The summed E-state index contributed by atoms with van der Waals surface area (Å²) in [5, 5.41) is 3.10. The maximum Gasteiger partial charge on any atom is 0.257 e. The SMILES string of the molecule is CC(F)(F)CN1CCC(c2ccc(-c3cnc(N)c(C(=O)NC4CCCCC4)c3)cc2)C1. The summed E-state index contributed by atoms with van der Waals surface area (Å²) in [5.41, 5.74) is 9.34. The first kappa shape index (κ1) is 22.6. The van der Waals surface area contributed by atoms with Gasteiger partial charge < -0.3 is 11.1 Å². The average molecular weight is 443 g/mol. The van der Waals surface area contributed by atoms with E-state index in [-0.39, 0.29) is 30.2 Å². The van der Waals surface area contributed by atoms with E-state index in [9.17, 15) is 13.6 Å². The Kier molecular flexibility index (Phi) is 6.74. The lowest BCUT2D eigenvalue weighted by Crippen LogP contribution is -2.36. The van der Waals surface area contributed by atoms with Gasteiger partial charge in [-0.2, -0.15) is 0 Å². The number of nitrogens with one attached hydrogen (secondary N) is 1. The molecular weight excluding hydrogens is 410 g/mol. The minimum absolute atomic E-state index is 0.167. The van der Waals surface area contributed by atoms with Crippen molar-refractivity contribution in [1.82, 2.24) is 15.2 Å². The van der Waals surface area contributed by atoms with Crippen LogP contribution in [0.15, 0.2) is 36.5 Å². The van der Waals surface area contributed by atoms with Gasteiger partial charge in [0.2, 0.25) is 0 Å². The first-order valence-electron chi connectivity index (χ1n) is 11.6. The van der Waals surface area contributed by atoms with Gasteiger partial charge in [-0.05, 0) is 48.9 Å². The van der Waals surface area contributed by atoms with Crippen LogP contribution in [0.1, 0.15) is 67.3 Å². The van der Waals surface area contributed by atoms with Crippen molar-refractivity contribution in [2.45, 2.75) is 63.3 Å². The van der Waals surface area contributed by atoms with Crippen molar-refractivity contribution in [3.63, 3.8) is 0 Å². The van der Waals surface area contributed by atoms with E-state index in [1.54, 1.807) is 12.3 Å². The quantitative estimate of drug-likeness (QED) is 0.672. The number of benzene rings is 1. The van der Waals surface area contributed by atoms with Crippen LogP contribution in [-0.4, -0.2) is 47.4 Å². The number of likely N-dealkylation sites (tertiary alicyclic amines) is 1. The highest BCUT2D eigenvalue weighted by Crippen LogP contribution is 2.31. The summed E-state index contributed by atoms with van der Waals surface area (Å²) in [5.74, 6) is -2.34. The van der Waals surface area contributed by atoms with Crippen LogP contribution in [0.25, 0.3) is 11.1 Å². The molecule has 1 amide bonds. The molecule has 2 aliphatic rings. The molecule has 5 nitrogen and oxygen atoms in total. The van der Waals surface area contributed by atoms with Crippen molar-refractivity contribution in [2.24, 2.45) is 0 Å². The lowest BCUT2D eigenvalue weighted by molar-refractivity contribution is -0.00885. The molecule has 1 atom stereocenters. The lowest BCUT2D eigenvalue weighted by Gasteiger charge is -2.23. The zero-order valence-electron chi connectivity index (χ0n) is 18.6. The first-order chi connectivity index (χ1) is 15.3. The van der Waals surface area contributed by atoms with Crippen LogP contribution in [-0.2, 0) is 0 Å². The smallest absolute Gasteiger partial charge is 0.257 e. The van der Waals surface area contributed by atoms with Gasteiger partial charge in [0.15, 0.2) is 0 Å². The van der Waals surface area contributed by atoms with Gasteiger partial charge in [0.05, 0.1) is 12.1 Å². The van der Waals surface area contributed by atoms with E-state index < -0.39 is 5.92 Å². The summed E-state index contributed by atoms with van der Waals surface area (Å²) in [6.45, 7) is 2.12. The molecule has 0 bridgehead atoms. The van der Waals surface area contributed by atoms with E-state index in [0.29, 0.717) is 18.7 Å². The molecule has 172 valence electrons. The first-order valence-corrected chi connectivity index (χ1v) is 11.6. The van der Waals surface area contributed by atoms with E-state index >= 15 is 0 Å². The summed E-state index contributed by atoms with van der Waals surface area (Å²) >= 11 is 0. The zero-order valence-corrected chi connectivity index (χ0v) is 18.6. The molecule has 1 saturated carbocycles. The lowest BCUT2D eigenvalue weighted by atomic mass is 9.94. The molecule has 1 aromatic heterocycles. The molecule has 0 radical (unpaired) electrons. The number of amides is 1.